The zero-order valence-corrected chi connectivity index (χ0v) is 15.2. The van der Waals surface area contributed by atoms with E-state index in [0.29, 0.717) is 12.2 Å². The first-order chi connectivity index (χ1) is 12.7. The molecule has 0 N–H and O–H groups in total. The summed E-state index contributed by atoms with van der Waals surface area (Å²) in [5.41, 5.74) is 3.16. The highest BCUT2D eigenvalue weighted by atomic mass is 16.5. The van der Waals surface area contributed by atoms with Crippen LogP contribution >= 0.6 is 0 Å². The van der Waals surface area contributed by atoms with Gasteiger partial charge in [0.1, 0.15) is 23.3 Å². The van der Waals surface area contributed by atoms with Crippen molar-refractivity contribution in [3.05, 3.63) is 59.3 Å². The molecule has 1 heterocycles. The normalized spacial score (nSPS) is 10.1. The van der Waals surface area contributed by atoms with Crippen LogP contribution in [-0.2, 0) is 6.54 Å². The zero-order valence-electron chi connectivity index (χ0n) is 15.2. The van der Waals surface area contributed by atoms with E-state index in [9.17, 15) is 5.26 Å². The molecule has 0 unspecified atom stereocenters. The Hall–Kier alpha value is -3.37. The van der Waals surface area contributed by atoms with Gasteiger partial charge in [0, 0.05) is 23.6 Å². The number of methoxy groups -OCH3 is 1. The lowest BCUT2D eigenvalue weighted by Gasteiger charge is -2.04. The lowest BCUT2D eigenvalue weighted by atomic mass is 10.1. The highest BCUT2D eigenvalue weighted by molar-refractivity contribution is 5.90. The highest BCUT2D eigenvalue weighted by Crippen LogP contribution is 2.28. The Morgan fingerprint density at radius 3 is 2.35 bits per heavy atom. The molecule has 0 saturated carbocycles. The number of nitrogens with zero attached hydrogens (tertiary/aromatic N) is 2. The number of nitriles is 1. The lowest BCUT2D eigenvalue weighted by molar-refractivity contribution is 0.340. The van der Waals surface area contributed by atoms with Crippen LogP contribution in [0.15, 0.2) is 42.5 Å². The van der Waals surface area contributed by atoms with Gasteiger partial charge in [-0.1, -0.05) is 5.92 Å². The van der Waals surface area contributed by atoms with Crippen molar-refractivity contribution in [3.63, 3.8) is 0 Å². The Kier molecular flexibility index (Phi) is 5.15. The van der Waals surface area contributed by atoms with Crippen LogP contribution in [0.2, 0.25) is 0 Å². The average molecular weight is 344 g/mol. The molecule has 3 rings (SSSR count). The van der Waals surface area contributed by atoms with Gasteiger partial charge in [-0.2, -0.15) is 5.26 Å². The molecule has 0 aliphatic heterocycles. The van der Waals surface area contributed by atoms with Crippen LogP contribution in [0.4, 0.5) is 0 Å². The summed E-state index contributed by atoms with van der Waals surface area (Å²) in [6, 6.07) is 15.7. The highest BCUT2D eigenvalue weighted by Gasteiger charge is 2.15. The quantitative estimate of drug-likeness (QED) is 0.662. The Balaban J connectivity index is 2.09. The van der Waals surface area contributed by atoms with E-state index in [0.717, 1.165) is 40.2 Å². The molecule has 1 aromatic heterocycles. The van der Waals surface area contributed by atoms with E-state index in [4.69, 9.17) is 9.47 Å². The van der Waals surface area contributed by atoms with Gasteiger partial charge in [-0.05, 0) is 56.2 Å². The number of hydrogen-bond acceptors (Lipinski definition) is 3. The molecule has 0 radical (unpaired) electrons. The fourth-order valence-electron chi connectivity index (χ4n) is 2.96. The summed E-state index contributed by atoms with van der Waals surface area (Å²) in [5, 5.41) is 10.6. The summed E-state index contributed by atoms with van der Waals surface area (Å²) in [7, 11) is 1.64. The number of benzene rings is 2. The third-order valence-corrected chi connectivity index (χ3v) is 4.19. The first kappa shape index (κ1) is 17.5. The van der Waals surface area contributed by atoms with Crippen LogP contribution in [-0.4, -0.2) is 18.3 Å². The van der Waals surface area contributed by atoms with Crippen molar-refractivity contribution in [2.75, 3.05) is 13.7 Å². The van der Waals surface area contributed by atoms with Gasteiger partial charge in [0.05, 0.1) is 24.8 Å². The van der Waals surface area contributed by atoms with E-state index in [1.54, 1.807) is 7.11 Å². The molecule has 4 nitrogen and oxygen atoms in total. The van der Waals surface area contributed by atoms with Crippen molar-refractivity contribution in [2.24, 2.45) is 0 Å². The van der Waals surface area contributed by atoms with Crippen molar-refractivity contribution in [1.82, 2.24) is 4.57 Å². The van der Waals surface area contributed by atoms with Crippen LogP contribution < -0.4 is 9.47 Å². The smallest absolute Gasteiger partial charge is 0.120 e. The topological polar surface area (TPSA) is 47.2 Å². The predicted molar refractivity (Wildman–Crippen MR) is 102 cm³/mol. The molecular weight excluding hydrogens is 324 g/mol. The molecule has 0 saturated heterocycles. The Bertz CT molecular complexity index is 1030. The number of rotatable bonds is 4. The molecule has 0 fully saturated rings. The number of ether oxygens (including phenoxy) is 2. The average Bonchev–Trinajstić information content (AvgIpc) is 2.99. The number of fused-ring (bicyclic) bond motifs is 1. The lowest BCUT2D eigenvalue weighted by Crippen LogP contribution is -1.98. The summed E-state index contributed by atoms with van der Waals surface area (Å²) in [6.07, 6.45) is 0. The minimum absolute atomic E-state index is 0.600. The van der Waals surface area contributed by atoms with Crippen LogP contribution in [0, 0.1) is 23.2 Å². The molecule has 130 valence electrons. The maximum atomic E-state index is 9.67. The SMILES string of the molecule is CCOc1ccc(C#Cc2c(C#N)c3ccc(OC)cc3n2CC)cc1. The molecule has 2 aromatic carbocycles. The van der Waals surface area contributed by atoms with Crippen molar-refractivity contribution in [3.8, 4) is 29.4 Å². The minimum atomic E-state index is 0.600. The van der Waals surface area contributed by atoms with Gasteiger partial charge >= 0.3 is 0 Å². The first-order valence-corrected chi connectivity index (χ1v) is 8.57. The Labute approximate surface area is 153 Å². The molecule has 4 heteroatoms. The third-order valence-electron chi connectivity index (χ3n) is 4.19. The maximum Gasteiger partial charge on any atom is 0.120 e. The second-order valence-corrected chi connectivity index (χ2v) is 5.67. The second-order valence-electron chi connectivity index (χ2n) is 5.67. The van der Waals surface area contributed by atoms with E-state index >= 15 is 0 Å². The van der Waals surface area contributed by atoms with Gasteiger partial charge in [0.2, 0.25) is 0 Å². The van der Waals surface area contributed by atoms with E-state index < -0.39 is 0 Å². The largest absolute Gasteiger partial charge is 0.497 e. The van der Waals surface area contributed by atoms with Crippen LogP contribution in [0.5, 0.6) is 11.5 Å². The summed E-state index contributed by atoms with van der Waals surface area (Å²) >= 11 is 0. The van der Waals surface area contributed by atoms with Crippen LogP contribution in [0.1, 0.15) is 30.7 Å². The minimum Gasteiger partial charge on any atom is -0.497 e. The number of aryl methyl sites for hydroxylation is 1. The molecule has 26 heavy (non-hydrogen) atoms. The van der Waals surface area contributed by atoms with E-state index in [2.05, 4.69) is 22.5 Å². The molecule has 0 atom stereocenters. The van der Waals surface area contributed by atoms with Gasteiger partial charge in [-0.15, -0.1) is 0 Å². The fraction of sp³-hybridized carbons (Fsp3) is 0.227. The van der Waals surface area contributed by atoms with Crippen LogP contribution in [0.25, 0.3) is 10.9 Å². The van der Waals surface area contributed by atoms with Gasteiger partial charge in [-0.3, -0.25) is 0 Å². The number of aromatic nitrogens is 1. The van der Waals surface area contributed by atoms with Gasteiger partial charge in [0.25, 0.3) is 0 Å². The molecular formula is C22H20N2O2. The van der Waals surface area contributed by atoms with E-state index in [1.807, 2.05) is 56.3 Å². The summed E-state index contributed by atoms with van der Waals surface area (Å²) < 4.78 is 12.8. The maximum absolute atomic E-state index is 9.67. The Morgan fingerprint density at radius 1 is 1.00 bits per heavy atom. The molecule has 0 amide bonds. The van der Waals surface area contributed by atoms with Crippen molar-refractivity contribution in [1.29, 1.82) is 5.26 Å². The fourth-order valence-corrected chi connectivity index (χ4v) is 2.96. The summed E-state index contributed by atoms with van der Waals surface area (Å²) in [5.74, 6) is 7.94. The summed E-state index contributed by atoms with van der Waals surface area (Å²) in [4.78, 5) is 0. The van der Waals surface area contributed by atoms with Gasteiger partial charge in [0.15, 0.2) is 0 Å². The number of hydrogen-bond donors (Lipinski definition) is 0. The second kappa shape index (κ2) is 7.68. The zero-order chi connectivity index (χ0) is 18.5. The van der Waals surface area contributed by atoms with Gasteiger partial charge in [-0.25, -0.2) is 0 Å². The first-order valence-electron chi connectivity index (χ1n) is 8.57. The Morgan fingerprint density at radius 2 is 1.73 bits per heavy atom. The van der Waals surface area contributed by atoms with E-state index in [1.165, 1.54) is 0 Å². The van der Waals surface area contributed by atoms with Crippen LogP contribution in [0.3, 0.4) is 0 Å². The van der Waals surface area contributed by atoms with Crippen molar-refractivity contribution >= 4 is 10.9 Å². The van der Waals surface area contributed by atoms with E-state index in [-0.39, 0.29) is 0 Å². The van der Waals surface area contributed by atoms with Crippen molar-refractivity contribution in [2.45, 2.75) is 20.4 Å². The molecule has 0 aliphatic carbocycles. The molecule has 0 spiro atoms. The molecule has 0 aliphatic rings. The van der Waals surface area contributed by atoms with Gasteiger partial charge < -0.3 is 14.0 Å². The monoisotopic (exact) mass is 344 g/mol. The molecule has 3 aromatic rings. The standard InChI is InChI=1S/C22H20N2O2/c1-4-24-21(13-8-16-6-9-17(10-7-16)26-5-2)20(15-23)19-12-11-18(25-3)14-22(19)24/h6-7,9-12,14H,4-5H2,1-3H3. The summed E-state index contributed by atoms with van der Waals surface area (Å²) in [6.45, 7) is 5.35. The van der Waals surface area contributed by atoms with Crippen molar-refractivity contribution < 1.29 is 9.47 Å². The molecule has 0 bridgehead atoms. The third kappa shape index (κ3) is 3.23. The predicted octanol–water partition coefficient (Wildman–Crippen LogP) is 4.34.